The Morgan fingerprint density at radius 2 is 2.25 bits per heavy atom. The van der Waals surface area contributed by atoms with E-state index in [0.29, 0.717) is 16.8 Å². The molecule has 16 heavy (non-hydrogen) atoms. The summed E-state index contributed by atoms with van der Waals surface area (Å²) >= 11 is 9.27. The summed E-state index contributed by atoms with van der Waals surface area (Å²) in [5.74, 6) is 0.681. The minimum Gasteiger partial charge on any atom is -0.495 e. The van der Waals surface area contributed by atoms with Gasteiger partial charge in [-0.15, -0.1) is 0 Å². The zero-order valence-corrected chi connectivity index (χ0v) is 10.6. The number of benzene rings is 1. The Morgan fingerprint density at radius 3 is 2.88 bits per heavy atom. The molecule has 0 saturated carbocycles. The first kappa shape index (κ1) is 11.2. The molecule has 1 heterocycles. The second-order valence-electron chi connectivity index (χ2n) is 3.09. The average molecular weight is 298 g/mol. The molecule has 0 spiro atoms. The largest absolute Gasteiger partial charge is 0.495 e. The second-order valence-corrected chi connectivity index (χ2v) is 4.24. The summed E-state index contributed by atoms with van der Waals surface area (Å²) in [5.41, 5.74) is 1.05. The van der Waals surface area contributed by atoms with Gasteiger partial charge in [0.1, 0.15) is 17.0 Å². The van der Waals surface area contributed by atoms with Gasteiger partial charge in [0.2, 0.25) is 0 Å². The Balaban J connectivity index is 2.82. The maximum Gasteiger partial charge on any atom is 0.147 e. The lowest BCUT2D eigenvalue weighted by Crippen LogP contribution is -1.90. The van der Waals surface area contributed by atoms with Crippen molar-refractivity contribution in [1.82, 2.24) is 4.98 Å². The maximum atomic E-state index is 8.84. The van der Waals surface area contributed by atoms with Gasteiger partial charge in [0.05, 0.1) is 22.7 Å². The fourth-order valence-electron chi connectivity index (χ4n) is 1.40. The van der Waals surface area contributed by atoms with Crippen LogP contribution in [0.4, 0.5) is 0 Å². The molecule has 80 valence electrons. The number of methoxy groups -OCH3 is 1. The molecule has 0 saturated heterocycles. The summed E-state index contributed by atoms with van der Waals surface area (Å²) in [7, 11) is 1.58. The molecular formula is C11H6BrClN2O. The van der Waals surface area contributed by atoms with Gasteiger partial charge in [-0.3, -0.25) is 0 Å². The molecule has 0 aliphatic carbocycles. The van der Waals surface area contributed by atoms with E-state index in [-0.39, 0.29) is 5.15 Å². The van der Waals surface area contributed by atoms with Gasteiger partial charge in [-0.05, 0) is 34.1 Å². The molecule has 1 aromatic heterocycles. The lowest BCUT2D eigenvalue weighted by molar-refractivity contribution is 0.413. The predicted octanol–water partition coefficient (Wildman–Crippen LogP) is 3.53. The van der Waals surface area contributed by atoms with Gasteiger partial charge >= 0.3 is 0 Å². The number of nitriles is 1. The van der Waals surface area contributed by atoms with E-state index >= 15 is 0 Å². The highest BCUT2D eigenvalue weighted by Crippen LogP contribution is 2.33. The first-order chi connectivity index (χ1) is 7.67. The van der Waals surface area contributed by atoms with E-state index in [1.807, 2.05) is 18.2 Å². The van der Waals surface area contributed by atoms with Gasteiger partial charge in [-0.1, -0.05) is 11.6 Å². The van der Waals surface area contributed by atoms with Crippen LogP contribution in [0.15, 0.2) is 22.7 Å². The van der Waals surface area contributed by atoms with Crippen molar-refractivity contribution in [3.05, 3.63) is 33.4 Å². The van der Waals surface area contributed by atoms with Crippen LogP contribution in [-0.4, -0.2) is 12.1 Å². The van der Waals surface area contributed by atoms with Crippen LogP contribution in [0.5, 0.6) is 5.75 Å². The number of aromatic nitrogens is 1. The minimum atomic E-state index is 0.198. The molecule has 1 aromatic carbocycles. The van der Waals surface area contributed by atoms with Gasteiger partial charge in [-0.25, -0.2) is 4.98 Å². The number of pyridine rings is 1. The highest BCUT2D eigenvalue weighted by atomic mass is 79.9. The standard InChI is InChI=1S/C11H6BrClN2O/c1-16-8-3-2-6-4-7(5-14)11(13)15-10(6)9(8)12/h2-4H,1H3. The first-order valence-corrected chi connectivity index (χ1v) is 5.57. The number of fused-ring (bicyclic) bond motifs is 1. The lowest BCUT2D eigenvalue weighted by Gasteiger charge is -2.06. The summed E-state index contributed by atoms with van der Waals surface area (Å²) in [5, 5.41) is 9.88. The van der Waals surface area contributed by atoms with Crippen molar-refractivity contribution < 1.29 is 4.74 Å². The van der Waals surface area contributed by atoms with Crippen molar-refractivity contribution in [1.29, 1.82) is 5.26 Å². The number of ether oxygens (including phenoxy) is 1. The third-order valence-corrected chi connectivity index (χ3v) is 3.24. The van der Waals surface area contributed by atoms with Crippen LogP contribution < -0.4 is 4.74 Å². The van der Waals surface area contributed by atoms with Gasteiger partial charge in [0.25, 0.3) is 0 Å². The van der Waals surface area contributed by atoms with E-state index in [9.17, 15) is 0 Å². The van der Waals surface area contributed by atoms with Gasteiger partial charge in [0, 0.05) is 5.39 Å². The number of hydrogen-bond donors (Lipinski definition) is 0. The third kappa shape index (κ3) is 1.73. The minimum absolute atomic E-state index is 0.198. The molecule has 0 fully saturated rings. The molecular weight excluding hydrogens is 291 g/mol. The molecule has 0 bridgehead atoms. The van der Waals surface area contributed by atoms with Crippen LogP contribution in [-0.2, 0) is 0 Å². The SMILES string of the molecule is COc1ccc2cc(C#N)c(Cl)nc2c1Br. The van der Waals surface area contributed by atoms with Gasteiger partial charge in [-0.2, -0.15) is 5.26 Å². The summed E-state index contributed by atoms with van der Waals surface area (Å²) < 4.78 is 5.89. The third-order valence-electron chi connectivity index (χ3n) is 2.18. The molecule has 2 aromatic rings. The Hall–Kier alpha value is -1.31. The van der Waals surface area contributed by atoms with E-state index in [4.69, 9.17) is 21.6 Å². The Bertz CT molecular complexity index is 607. The molecule has 0 aliphatic rings. The molecule has 0 unspecified atom stereocenters. The van der Waals surface area contributed by atoms with Crippen LogP contribution in [0.25, 0.3) is 10.9 Å². The zero-order valence-electron chi connectivity index (χ0n) is 8.29. The average Bonchev–Trinajstić information content (AvgIpc) is 2.30. The molecule has 0 atom stereocenters. The zero-order chi connectivity index (χ0) is 11.7. The Labute approximate surface area is 106 Å². The fraction of sp³-hybridized carbons (Fsp3) is 0.0909. The van der Waals surface area contributed by atoms with Crippen molar-refractivity contribution >= 4 is 38.4 Å². The quantitative estimate of drug-likeness (QED) is 0.756. The van der Waals surface area contributed by atoms with Crippen LogP contribution in [0.1, 0.15) is 5.56 Å². The smallest absolute Gasteiger partial charge is 0.147 e. The molecule has 2 rings (SSSR count). The molecule has 5 heteroatoms. The lowest BCUT2D eigenvalue weighted by atomic mass is 10.1. The molecule has 0 amide bonds. The van der Waals surface area contributed by atoms with E-state index in [2.05, 4.69) is 20.9 Å². The van der Waals surface area contributed by atoms with Crippen molar-refractivity contribution in [2.45, 2.75) is 0 Å². The summed E-state index contributed by atoms with van der Waals surface area (Å²) in [6.45, 7) is 0. The van der Waals surface area contributed by atoms with Crippen molar-refractivity contribution in [2.75, 3.05) is 7.11 Å². The monoisotopic (exact) mass is 296 g/mol. The van der Waals surface area contributed by atoms with Crippen molar-refractivity contribution in [3.63, 3.8) is 0 Å². The topological polar surface area (TPSA) is 45.9 Å². The highest BCUT2D eigenvalue weighted by molar-refractivity contribution is 9.10. The van der Waals surface area contributed by atoms with Gasteiger partial charge < -0.3 is 4.74 Å². The van der Waals surface area contributed by atoms with E-state index in [1.54, 1.807) is 13.2 Å². The Kier molecular flexibility index (Phi) is 2.99. The van der Waals surface area contributed by atoms with E-state index in [1.165, 1.54) is 0 Å². The summed E-state index contributed by atoms with van der Waals surface area (Å²) in [6.07, 6.45) is 0. The summed E-state index contributed by atoms with van der Waals surface area (Å²) in [6, 6.07) is 7.34. The number of nitrogens with zero attached hydrogens (tertiary/aromatic N) is 2. The number of halogens is 2. The van der Waals surface area contributed by atoms with E-state index < -0.39 is 0 Å². The van der Waals surface area contributed by atoms with Crippen LogP contribution in [0.3, 0.4) is 0 Å². The summed E-state index contributed by atoms with van der Waals surface area (Å²) in [4.78, 5) is 4.17. The highest BCUT2D eigenvalue weighted by Gasteiger charge is 2.10. The fourth-order valence-corrected chi connectivity index (χ4v) is 2.19. The Morgan fingerprint density at radius 1 is 1.50 bits per heavy atom. The van der Waals surface area contributed by atoms with E-state index in [0.717, 1.165) is 9.86 Å². The van der Waals surface area contributed by atoms with Crippen molar-refractivity contribution in [3.8, 4) is 11.8 Å². The molecule has 0 aliphatic heterocycles. The van der Waals surface area contributed by atoms with Crippen LogP contribution >= 0.6 is 27.5 Å². The second kappa shape index (κ2) is 4.28. The maximum absolute atomic E-state index is 8.84. The normalized spacial score (nSPS) is 10.1. The van der Waals surface area contributed by atoms with Crippen LogP contribution in [0.2, 0.25) is 5.15 Å². The van der Waals surface area contributed by atoms with Crippen LogP contribution in [0, 0.1) is 11.3 Å². The van der Waals surface area contributed by atoms with Crippen molar-refractivity contribution in [2.24, 2.45) is 0 Å². The first-order valence-electron chi connectivity index (χ1n) is 4.40. The molecule has 3 nitrogen and oxygen atoms in total. The molecule has 0 radical (unpaired) electrons. The van der Waals surface area contributed by atoms with Gasteiger partial charge in [0.15, 0.2) is 0 Å². The number of hydrogen-bond acceptors (Lipinski definition) is 3. The molecule has 0 N–H and O–H groups in total. The number of rotatable bonds is 1. The predicted molar refractivity (Wildman–Crippen MR) is 65.7 cm³/mol.